The SMILES string of the molecule is FC(F)(F)c1cc(-c2cccs2)nc(SCc2ccc(Cl)cc2)n1. The van der Waals surface area contributed by atoms with Crippen molar-refractivity contribution < 1.29 is 13.2 Å². The first kappa shape index (κ1) is 17.3. The van der Waals surface area contributed by atoms with E-state index in [4.69, 9.17) is 11.6 Å². The van der Waals surface area contributed by atoms with E-state index in [0.717, 1.165) is 23.4 Å². The third-order valence-corrected chi connectivity index (χ3v) is 5.11. The lowest BCUT2D eigenvalue weighted by Gasteiger charge is -2.09. The molecule has 1 aromatic carbocycles. The van der Waals surface area contributed by atoms with E-state index in [9.17, 15) is 13.2 Å². The molecule has 2 aromatic heterocycles. The van der Waals surface area contributed by atoms with Crippen molar-refractivity contribution in [2.45, 2.75) is 17.1 Å². The van der Waals surface area contributed by atoms with Crippen molar-refractivity contribution in [1.29, 1.82) is 0 Å². The zero-order chi connectivity index (χ0) is 17.2. The zero-order valence-corrected chi connectivity index (χ0v) is 14.4. The van der Waals surface area contributed by atoms with Gasteiger partial charge in [-0.2, -0.15) is 13.2 Å². The maximum Gasteiger partial charge on any atom is 0.433 e. The average Bonchev–Trinajstić information content (AvgIpc) is 3.08. The summed E-state index contributed by atoms with van der Waals surface area (Å²) in [5.74, 6) is 0.461. The van der Waals surface area contributed by atoms with Crippen LogP contribution >= 0.6 is 34.7 Å². The molecule has 2 nitrogen and oxygen atoms in total. The highest BCUT2D eigenvalue weighted by Crippen LogP contribution is 2.33. The Morgan fingerprint density at radius 2 is 1.83 bits per heavy atom. The summed E-state index contributed by atoms with van der Waals surface area (Å²) in [7, 11) is 0. The van der Waals surface area contributed by atoms with Gasteiger partial charge in [0.05, 0.1) is 10.6 Å². The van der Waals surface area contributed by atoms with Gasteiger partial charge in [0.1, 0.15) is 5.69 Å². The van der Waals surface area contributed by atoms with E-state index in [1.807, 2.05) is 12.1 Å². The summed E-state index contributed by atoms with van der Waals surface area (Å²) in [6.45, 7) is 0. The van der Waals surface area contributed by atoms with E-state index in [2.05, 4.69) is 9.97 Å². The van der Waals surface area contributed by atoms with E-state index in [1.165, 1.54) is 11.3 Å². The first-order valence-electron chi connectivity index (χ1n) is 6.79. The predicted molar refractivity (Wildman–Crippen MR) is 91.4 cm³/mol. The third-order valence-electron chi connectivity index (χ3n) is 3.05. The minimum Gasteiger partial charge on any atom is -0.222 e. The van der Waals surface area contributed by atoms with Crippen molar-refractivity contribution in [1.82, 2.24) is 9.97 Å². The van der Waals surface area contributed by atoms with Gasteiger partial charge in [-0.25, -0.2) is 9.97 Å². The van der Waals surface area contributed by atoms with Crippen LogP contribution in [-0.2, 0) is 11.9 Å². The summed E-state index contributed by atoms with van der Waals surface area (Å²) >= 11 is 8.32. The lowest BCUT2D eigenvalue weighted by atomic mass is 10.2. The molecule has 0 spiro atoms. The Morgan fingerprint density at radius 3 is 2.46 bits per heavy atom. The Balaban J connectivity index is 1.88. The molecule has 0 aliphatic rings. The van der Waals surface area contributed by atoms with Crippen molar-refractivity contribution >= 4 is 34.7 Å². The molecular weight excluding hydrogens is 377 g/mol. The summed E-state index contributed by atoms with van der Waals surface area (Å²) in [6.07, 6.45) is -4.51. The molecule has 0 aliphatic heterocycles. The number of thiophene rings is 1. The van der Waals surface area contributed by atoms with E-state index >= 15 is 0 Å². The molecule has 0 atom stereocenters. The topological polar surface area (TPSA) is 25.8 Å². The number of alkyl halides is 3. The smallest absolute Gasteiger partial charge is 0.222 e. The van der Waals surface area contributed by atoms with Gasteiger partial charge in [-0.3, -0.25) is 0 Å². The minimum absolute atomic E-state index is 0.100. The zero-order valence-electron chi connectivity index (χ0n) is 12.0. The second kappa shape index (κ2) is 7.13. The summed E-state index contributed by atoms with van der Waals surface area (Å²) in [4.78, 5) is 8.59. The lowest BCUT2D eigenvalue weighted by molar-refractivity contribution is -0.141. The summed E-state index contributed by atoms with van der Waals surface area (Å²) < 4.78 is 39.3. The summed E-state index contributed by atoms with van der Waals surface area (Å²) in [5, 5.41) is 2.51. The normalized spacial score (nSPS) is 11.7. The first-order valence-corrected chi connectivity index (χ1v) is 9.03. The quantitative estimate of drug-likeness (QED) is 0.396. The molecule has 0 saturated heterocycles. The molecule has 8 heteroatoms. The standard InChI is InChI=1S/C16H10ClF3N2S2/c17-11-5-3-10(4-6-11)9-24-15-21-12(13-2-1-7-23-13)8-14(22-15)16(18,19)20/h1-8H,9H2. The van der Waals surface area contributed by atoms with Crippen molar-refractivity contribution in [2.24, 2.45) is 0 Å². The van der Waals surface area contributed by atoms with E-state index in [-0.39, 0.29) is 10.9 Å². The molecule has 0 fully saturated rings. The maximum absolute atomic E-state index is 13.1. The van der Waals surface area contributed by atoms with Gasteiger partial charge in [0.25, 0.3) is 0 Å². The highest BCUT2D eigenvalue weighted by Gasteiger charge is 2.34. The predicted octanol–water partition coefficient (Wildman–Crippen LogP) is 6.17. The second-order valence-corrected chi connectivity index (χ2v) is 7.14. The number of hydrogen-bond acceptors (Lipinski definition) is 4. The van der Waals surface area contributed by atoms with E-state index in [1.54, 1.807) is 29.6 Å². The molecule has 0 N–H and O–H groups in total. The summed E-state index contributed by atoms with van der Waals surface area (Å²) in [6, 6.07) is 11.6. The van der Waals surface area contributed by atoms with Gasteiger partial charge in [0.2, 0.25) is 0 Å². The Labute approximate surface area is 149 Å². The van der Waals surface area contributed by atoms with Crippen LogP contribution in [0.4, 0.5) is 13.2 Å². The molecule has 0 amide bonds. The third kappa shape index (κ3) is 4.28. The Kier molecular flexibility index (Phi) is 5.12. The van der Waals surface area contributed by atoms with Gasteiger partial charge in [0.15, 0.2) is 5.16 Å². The van der Waals surface area contributed by atoms with Crippen LogP contribution in [-0.4, -0.2) is 9.97 Å². The number of hydrogen-bond donors (Lipinski definition) is 0. The minimum atomic E-state index is -4.51. The van der Waals surface area contributed by atoms with Gasteiger partial charge in [0, 0.05) is 10.8 Å². The van der Waals surface area contributed by atoms with Crippen molar-refractivity contribution in [3.8, 4) is 10.6 Å². The van der Waals surface area contributed by atoms with Crippen LogP contribution in [0.25, 0.3) is 10.6 Å². The molecule has 2 heterocycles. The molecule has 0 saturated carbocycles. The highest BCUT2D eigenvalue weighted by atomic mass is 35.5. The summed E-state index contributed by atoms with van der Waals surface area (Å²) in [5.41, 5.74) is 0.286. The highest BCUT2D eigenvalue weighted by molar-refractivity contribution is 7.98. The molecule has 0 radical (unpaired) electrons. The van der Waals surface area contributed by atoms with Crippen molar-refractivity contribution in [3.63, 3.8) is 0 Å². The number of rotatable bonds is 4. The molecule has 3 rings (SSSR count). The van der Waals surface area contributed by atoms with Gasteiger partial charge < -0.3 is 0 Å². The lowest BCUT2D eigenvalue weighted by Crippen LogP contribution is -2.10. The fourth-order valence-corrected chi connectivity index (χ4v) is 3.54. The van der Waals surface area contributed by atoms with E-state index in [0.29, 0.717) is 15.7 Å². The van der Waals surface area contributed by atoms with Crippen molar-refractivity contribution in [2.75, 3.05) is 0 Å². The van der Waals surface area contributed by atoms with Crippen LogP contribution in [0, 0.1) is 0 Å². The van der Waals surface area contributed by atoms with Gasteiger partial charge in [-0.1, -0.05) is 41.6 Å². The van der Waals surface area contributed by atoms with Crippen LogP contribution in [0.3, 0.4) is 0 Å². The molecule has 3 aromatic rings. The Morgan fingerprint density at radius 1 is 1.08 bits per heavy atom. The number of benzene rings is 1. The number of nitrogens with zero attached hydrogens (tertiary/aromatic N) is 2. The number of aromatic nitrogens is 2. The average molecular weight is 387 g/mol. The monoisotopic (exact) mass is 386 g/mol. The Hall–Kier alpha value is -1.57. The van der Waals surface area contributed by atoms with Gasteiger partial charge in [-0.15, -0.1) is 11.3 Å². The molecular formula is C16H10ClF3N2S2. The molecule has 0 aliphatic carbocycles. The Bertz CT molecular complexity index is 818. The number of halogens is 4. The van der Waals surface area contributed by atoms with Gasteiger partial charge in [-0.05, 0) is 35.2 Å². The fraction of sp³-hybridized carbons (Fsp3) is 0.125. The molecule has 0 unspecified atom stereocenters. The van der Waals surface area contributed by atoms with Crippen molar-refractivity contribution in [3.05, 3.63) is 64.1 Å². The largest absolute Gasteiger partial charge is 0.433 e. The van der Waals surface area contributed by atoms with Gasteiger partial charge >= 0.3 is 6.18 Å². The number of thioether (sulfide) groups is 1. The fourth-order valence-electron chi connectivity index (χ4n) is 1.91. The second-order valence-electron chi connectivity index (χ2n) is 4.81. The van der Waals surface area contributed by atoms with E-state index < -0.39 is 11.9 Å². The van der Waals surface area contributed by atoms with Crippen LogP contribution in [0.1, 0.15) is 11.3 Å². The first-order chi connectivity index (χ1) is 11.4. The van der Waals surface area contributed by atoms with Crippen LogP contribution in [0.5, 0.6) is 0 Å². The van der Waals surface area contributed by atoms with Crippen LogP contribution in [0.15, 0.2) is 53.0 Å². The maximum atomic E-state index is 13.1. The molecule has 0 bridgehead atoms. The molecule has 124 valence electrons. The molecule has 24 heavy (non-hydrogen) atoms. The van der Waals surface area contributed by atoms with Crippen LogP contribution in [0.2, 0.25) is 5.02 Å². The van der Waals surface area contributed by atoms with Crippen LogP contribution < -0.4 is 0 Å².